The first kappa shape index (κ1) is 13.6. The predicted octanol–water partition coefficient (Wildman–Crippen LogP) is 1.27. The van der Waals surface area contributed by atoms with Gasteiger partial charge in [0.15, 0.2) is 0 Å². The van der Waals surface area contributed by atoms with E-state index < -0.39 is 11.8 Å². The van der Waals surface area contributed by atoms with Crippen LogP contribution in [0.15, 0.2) is 0 Å². The Morgan fingerprint density at radius 2 is 2.06 bits per heavy atom. The first-order valence-corrected chi connectivity index (χ1v) is 5.35. The number of hydrogen-bond donors (Lipinski definition) is 1. The average Bonchev–Trinajstić information content (AvgIpc) is 2.64. The van der Waals surface area contributed by atoms with E-state index in [4.69, 9.17) is 0 Å². The number of nitrogens with one attached hydrogen (secondary N) is 1. The second-order valence-corrected chi connectivity index (χ2v) is 4.56. The minimum Gasteiger partial charge on any atom is -0.341 e. The molecule has 1 amide bonds. The van der Waals surface area contributed by atoms with Gasteiger partial charge in [-0.3, -0.25) is 4.79 Å². The smallest absolute Gasteiger partial charge is 0.249 e. The molecule has 0 aromatic carbocycles. The summed E-state index contributed by atoms with van der Waals surface area (Å²) in [5, 5.41) is 3.16. The highest BCUT2D eigenvalue weighted by Gasteiger charge is 2.49. The van der Waals surface area contributed by atoms with Gasteiger partial charge in [-0.2, -0.15) is 0 Å². The molecular weight excluding hydrogens is 238 g/mol. The van der Waals surface area contributed by atoms with Crippen LogP contribution in [0.2, 0.25) is 0 Å². The van der Waals surface area contributed by atoms with Crippen molar-refractivity contribution in [2.45, 2.75) is 31.2 Å². The van der Waals surface area contributed by atoms with Crippen molar-refractivity contribution in [2.75, 3.05) is 20.1 Å². The van der Waals surface area contributed by atoms with Crippen LogP contribution in [0.1, 0.15) is 19.3 Å². The zero-order valence-electron chi connectivity index (χ0n) is 9.21. The Kier molecular flexibility index (Phi) is 4.12. The third-order valence-electron chi connectivity index (χ3n) is 3.37. The standard InChI is InChI=1S/C10H16F2N2O.ClH/c1-14(8-2-3-13-6-8)9(15)7-4-10(11,12)5-7;/h7-8,13H,2-6H2,1H3;1H/t8-;/m0./s1. The van der Waals surface area contributed by atoms with E-state index in [9.17, 15) is 13.6 Å². The zero-order chi connectivity index (χ0) is 11.1. The maximum absolute atomic E-state index is 12.6. The molecule has 1 saturated carbocycles. The van der Waals surface area contributed by atoms with E-state index >= 15 is 0 Å². The molecule has 1 saturated heterocycles. The first-order valence-electron chi connectivity index (χ1n) is 5.35. The van der Waals surface area contributed by atoms with Crippen LogP contribution in [0, 0.1) is 5.92 Å². The minimum absolute atomic E-state index is 0. The molecular formula is C10H17ClF2N2O. The summed E-state index contributed by atoms with van der Waals surface area (Å²) in [6.45, 7) is 1.69. The van der Waals surface area contributed by atoms with Crippen LogP contribution in [0.4, 0.5) is 8.78 Å². The first-order chi connectivity index (χ1) is 6.99. The quantitative estimate of drug-likeness (QED) is 0.805. The second-order valence-electron chi connectivity index (χ2n) is 4.56. The summed E-state index contributed by atoms with van der Waals surface area (Å²) < 4.78 is 25.2. The molecule has 1 aliphatic heterocycles. The van der Waals surface area contributed by atoms with Gasteiger partial charge in [-0.05, 0) is 13.0 Å². The number of carbonyl (C=O) groups excluding carboxylic acids is 1. The van der Waals surface area contributed by atoms with Gasteiger partial charge in [-0.15, -0.1) is 12.4 Å². The topological polar surface area (TPSA) is 32.3 Å². The Balaban J connectivity index is 0.00000128. The number of halogens is 3. The summed E-state index contributed by atoms with van der Waals surface area (Å²) in [4.78, 5) is 13.4. The van der Waals surface area contributed by atoms with E-state index in [2.05, 4.69) is 5.32 Å². The Morgan fingerprint density at radius 1 is 1.44 bits per heavy atom. The number of hydrogen-bond acceptors (Lipinski definition) is 2. The van der Waals surface area contributed by atoms with Crippen molar-refractivity contribution in [3.63, 3.8) is 0 Å². The summed E-state index contributed by atoms with van der Waals surface area (Å²) in [5.74, 6) is -3.17. The summed E-state index contributed by atoms with van der Waals surface area (Å²) in [5.41, 5.74) is 0. The average molecular weight is 255 g/mol. The van der Waals surface area contributed by atoms with E-state index in [-0.39, 0.29) is 37.2 Å². The van der Waals surface area contributed by atoms with E-state index in [1.807, 2.05) is 0 Å². The third-order valence-corrected chi connectivity index (χ3v) is 3.37. The fourth-order valence-corrected chi connectivity index (χ4v) is 2.27. The lowest BCUT2D eigenvalue weighted by Gasteiger charge is -2.37. The molecule has 1 heterocycles. The van der Waals surface area contributed by atoms with E-state index in [1.165, 1.54) is 0 Å². The van der Waals surface area contributed by atoms with Gasteiger partial charge >= 0.3 is 0 Å². The third kappa shape index (κ3) is 2.63. The van der Waals surface area contributed by atoms with Gasteiger partial charge in [0.25, 0.3) is 0 Å². The van der Waals surface area contributed by atoms with Gasteiger partial charge in [-0.1, -0.05) is 0 Å². The highest BCUT2D eigenvalue weighted by molar-refractivity contribution is 5.85. The Bertz CT molecular complexity index is 262. The molecule has 0 aromatic rings. The van der Waals surface area contributed by atoms with Crippen LogP contribution in [0.5, 0.6) is 0 Å². The van der Waals surface area contributed by atoms with Crippen molar-refractivity contribution in [2.24, 2.45) is 5.92 Å². The molecule has 2 fully saturated rings. The van der Waals surface area contributed by atoms with Crippen LogP contribution < -0.4 is 5.32 Å². The highest BCUT2D eigenvalue weighted by Crippen LogP contribution is 2.43. The molecule has 1 atom stereocenters. The lowest BCUT2D eigenvalue weighted by atomic mass is 9.80. The summed E-state index contributed by atoms with van der Waals surface area (Å²) in [7, 11) is 1.72. The summed E-state index contributed by atoms with van der Waals surface area (Å²) in [6, 6.07) is 0.187. The van der Waals surface area contributed by atoms with Gasteiger partial charge in [0.2, 0.25) is 11.8 Å². The molecule has 94 valence electrons. The van der Waals surface area contributed by atoms with E-state index in [0.29, 0.717) is 0 Å². The Labute approximate surface area is 100.0 Å². The monoisotopic (exact) mass is 254 g/mol. The number of alkyl halides is 2. The number of rotatable bonds is 2. The van der Waals surface area contributed by atoms with E-state index in [0.717, 1.165) is 19.5 Å². The molecule has 1 N–H and O–H groups in total. The van der Waals surface area contributed by atoms with Gasteiger partial charge in [0, 0.05) is 38.4 Å². The van der Waals surface area contributed by atoms with Crippen molar-refractivity contribution in [1.29, 1.82) is 0 Å². The lowest BCUT2D eigenvalue weighted by molar-refractivity contribution is -0.160. The molecule has 0 aromatic heterocycles. The SMILES string of the molecule is CN(C(=O)C1CC(F)(F)C1)[C@H]1CCNC1.Cl. The van der Waals surface area contributed by atoms with Crippen molar-refractivity contribution in [3.05, 3.63) is 0 Å². The molecule has 1 aliphatic carbocycles. The fourth-order valence-electron chi connectivity index (χ4n) is 2.27. The van der Waals surface area contributed by atoms with Crippen LogP contribution in [-0.2, 0) is 4.79 Å². The normalized spacial score (nSPS) is 28.1. The van der Waals surface area contributed by atoms with Crippen LogP contribution in [0.25, 0.3) is 0 Å². The van der Waals surface area contributed by atoms with Gasteiger partial charge < -0.3 is 10.2 Å². The lowest BCUT2D eigenvalue weighted by Crippen LogP contribution is -2.49. The maximum atomic E-state index is 12.6. The minimum atomic E-state index is -2.60. The number of nitrogens with zero attached hydrogens (tertiary/aromatic N) is 1. The number of likely N-dealkylation sites (N-methyl/N-ethyl adjacent to an activating group) is 1. The van der Waals surface area contributed by atoms with Crippen molar-refractivity contribution >= 4 is 18.3 Å². The number of amides is 1. The van der Waals surface area contributed by atoms with Crippen molar-refractivity contribution in [3.8, 4) is 0 Å². The Hall–Kier alpha value is -0.420. The largest absolute Gasteiger partial charge is 0.341 e. The van der Waals surface area contributed by atoms with E-state index in [1.54, 1.807) is 11.9 Å². The molecule has 16 heavy (non-hydrogen) atoms. The van der Waals surface area contributed by atoms with Crippen LogP contribution >= 0.6 is 12.4 Å². The molecule has 3 nitrogen and oxygen atoms in total. The van der Waals surface area contributed by atoms with Crippen molar-refractivity contribution < 1.29 is 13.6 Å². The molecule has 6 heteroatoms. The van der Waals surface area contributed by atoms with Crippen LogP contribution in [-0.4, -0.2) is 42.9 Å². The molecule has 0 unspecified atom stereocenters. The highest BCUT2D eigenvalue weighted by atomic mass is 35.5. The van der Waals surface area contributed by atoms with Gasteiger partial charge in [0.05, 0.1) is 0 Å². The second kappa shape index (κ2) is 4.84. The Morgan fingerprint density at radius 3 is 2.50 bits per heavy atom. The summed E-state index contributed by atoms with van der Waals surface area (Å²) in [6.07, 6.45) is 0.387. The maximum Gasteiger partial charge on any atom is 0.249 e. The van der Waals surface area contributed by atoms with Crippen LogP contribution in [0.3, 0.4) is 0 Å². The summed E-state index contributed by atoms with van der Waals surface area (Å²) >= 11 is 0. The van der Waals surface area contributed by atoms with Crippen molar-refractivity contribution in [1.82, 2.24) is 10.2 Å². The zero-order valence-corrected chi connectivity index (χ0v) is 10.0. The molecule has 0 bridgehead atoms. The molecule has 2 rings (SSSR count). The van der Waals surface area contributed by atoms with Gasteiger partial charge in [0.1, 0.15) is 0 Å². The molecule has 0 radical (unpaired) electrons. The molecule has 2 aliphatic rings. The molecule has 0 spiro atoms. The number of carbonyl (C=O) groups is 1. The van der Waals surface area contributed by atoms with Gasteiger partial charge in [-0.25, -0.2) is 8.78 Å². The predicted molar refractivity (Wildman–Crippen MR) is 59.0 cm³/mol. The fraction of sp³-hybridized carbons (Fsp3) is 0.900.